The van der Waals surface area contributed by atoms with Crippen LogP contribution in [-0.2, 0) is 9.47 Å². The molecular formula is C16H13N3O5. The molecule has 0 N–H and O–H groups in total. The Kier molecular flexibility index (Phi) is 3.72. The van der Waals surface area contributed by atoms with Gasteiger partial charge >= 0.3 is 11.9 Å². The minimum atomic E-state index is -0.755. The van der Waals surface area contributed by atoms with Gasteiger partial charge in [-0.2, -0.15) is 0 Å². The zero-order chi connectivity index (χ0) is 17.4. The summed E-state index contributed by atoms with van der Waals surface area (Å²) in [5.74, 6) is -1.81. The highest BCUT2D eigenvalue weighted by atomic mass is 16.5. The number of fused-ring (bicyclic) bond motifs is 3. The topological polar surface area (TPSA) is 100 Å². The first-order valence-electron chi connectivity index (χ1n) is 6.98. The molecule has 0 aliphatic heterocycles. The van der Waals surface area contributed by atoms with Crippen molar-refractivity contribution in [3.63, 3.8) is 0 Å². The van der Waals surface area contributed by atoms with Crippen LogP contribution in [-0.4, -0.2) is 46.8 Å². The van der Waals surface area contributed by atoms with Gasteiger partial charge in [0.2, 0.25) is 5.91 Å². The number of ether oxygens (including phenoxy) is 2. The van der Waals surface area contributed by atoms with Crippen molar-refractivity contribution in [2.45, 2.75) is 6.92 Å². The third-order valence-electron chi connectivity index (χ3n) is 3.66. The van der Waals surface area contributed by atoms with Crippen LogP contribution in [0.2, 0.25) is 0 Å². The third-order valence-corrected chi connectivity index (χ3v) is 3.66. The monoisotopic (exact) mass is 327 g/mol. The second-order valence-corrected chi connectivity index (χ2v) is 4.98. The molecule has 2 aromatic heterocycles. The predicted molar refractivity (Wildman–Crippen MR) is 84.0 cm³/mol. The fourth-order valence-electron chi connectivity index (χ4n) is 2.70. The minimum Gasteiger partial charge on any atom is -0.464 e. The van der Waals surface area contributed by atoms with E-state index in [1.165, 1.54) is 25.7 Å². The molecule has 1 aromatic carbocycles. The summed E-state index contributed by atoms with van der Waals surface area (Å²) in [4.78, 5) is 36.3. The van der Waals surface area contributed by atoms with Crippen molar-refractivity contribution in [3.8, 4) is 0 Å². The van der Waals surface area contributed by atoms with Crippen LogP contribution in [0.3, 0.4) is 0 Å². The van der Waals surface area contributed by atoms with Crippen LogP contribution in [0.4, 0.5) is 0 Å². The van der Waals surface area contributed by atoms with Crippen molar-refractivity contribution in [1.82, 2.24) is 14.8 Å². The number of rotatable bonds is 2. The maximum Gasteiger partial charge on any atom is 0.360 e. The van der Waals surface area contributed by atoms with Gasteiger partial charge in [-0.05, 0) is 6.07 Å². The van der Waals surface area contributed by atoms with Crippen LogP contribution >= 0.6 is 0 Å². The standard InChI is InChI=1S/C16H13N3O5/c1-8(20)19-10-7-5-4-6-9(10)11-12(15(21)23-2)17-18-13(14(11)19)16(22)24-3/h4-7H,1-3H3. The highest BCUT2D eigenvalue weighted by molar-refractivity contribution is 6.22. The van der Waals surface area contributed by atoms with Gasteiger partial charge in [-0.25, -0.2) is 9.59 Å². The Morgan fingerprint density at radius 2 is 1.54 bits per heavy atom. The van der Waals surface area contributed by atoms with E-state index in [-0.39, 0.29) is 22.8 Å². The van der Waals surface area contributed by atoms with Crippen LogP contribution in [0.25, 0.3) is 21.8 Å². The van der Waals surface area contributed by atoms with Gasteiger partial charge in [0, 0.05) is 17.7 Å². The molecule has 3 aromatic rings. The summed E-state index contributed by atoms with van der Waals surface area (Å²) < 4.78 is 10.8. The smallest absolute Gasteiger partial charge is 0.360 e. The number of aromatic nitrogens is 3. The van der Waals surface area contributed by atoms with Crippen molar-refractivity contribution in [2.75, 3.05) is 14.2 Å². The van der Waals surface area contributed by atoms with Gasteiger partial charge in [0.25, 0.3) is 0 Å². The Morgan fingerprint density at radius 1 is 0.958 bits per heavy atom. The third kappa shape index (κ3) is 2.11. The van der Waals surface area contributed by atoms with Crippen LogP contribution < -0.4 is 0 Å². The maximum atomic E-state index is 12.2. The van der Waals surface area contributed by atoms with Gasteiger partial charge in [0.1, 0.15) is 0 Å². The molecule has 2 heterocycles. The number of hydrogen-bond acceptors (Lipinski definition) is 7. The molecule has 0 bridgehead atoms. The molecule has 24 heavy (non-hydrogen) atoms. The molecule has 0 atom stereocenters. The average Bonchev–Trinajstić information content (AvgIpc) is 2.95. The van der Waals surface area contributed by atoms with Gasteiger partial charge in [-0.3, -0.25) is 9.36 Å². The molecule has 0 radical (unpaired) electrons. The molecule has 0 fully saturated rings. The second kappa shape index (κ2) is 5.73. The van der Waals surface area contributed by atoms with E-state index in [2.05, 4.69) is 10.2 Å². The number of carbonyl (C=O) groups is 3. The number of benzene rings is 1. The first-order chi connectivity index (χ1) is 11.5. The minimum absolute atomic E-state index is 0.0728. The van der Waals surface area contributed by atoms with E-state index in [1.807, 2.05) is 0 Å². The Balaban J connectivity index is 2.62. The normalized spacial score (nSPS) is 10.8. The van der Waals surface area contributed by atoms with Crippen LogP contribution in [0.15, 0.2) is 24.3 Å². The van der Waals surface area contributed by atoms with Crippen molar-refractivity contribution in [3.05, 3.63) is 35.7 Å². The number of methoxy groups -OCH3 is 2. The number of para-hydroxylation sites is 1. The number of nitrogens with zero attached hydrogens (tertiary/aromatic N) is 3. The predicted octanol–water partition coefficient (Wildman–Crippen LogP) is 1.82. The molecule has 0 aliphatic rings. The molecule has 0 amide bonds. The van der Waals surface area contributed by atoms with E-state index in [4.69, 9.17) is 9.47 Å². The summed E-state index contributed by atoms with van der Waals surface area (Å²) in [7, 11) is 2.42. The van der Waals surface area contributed by atoms with Gasteiger partial charge < -0.3 is 9.47 Å². The number of carbonyl (C=O) groups excluding carboxylic acids is 3. The molecule has 8 heteroatoms. The number of esters is 2. The summed E-state index contributed by atoms with van der Waals surface area (Å²) in [6.45, 7) is 1.35. The van der Waals surface area contributed by atoms with Gasteiger partial charge in [0.05, 0.1) is 25.3 Å². The molecule has 0 saturated carbocycles. The first-order valence-corrected chi connectivity index (χ1v) is 6.98. The second-order valence-electron chi connectivity index (χ2n) is 4.98. The van der Waals surface area contributed by atoms with Gasteiger partial charge in [-0.1, -0.05) is 18.2 Å². The molecule has 0 spiro atoms. The van der Waals surface area contributed by atoms with Crippen molar-refractivity contribution in [2.24, 2.45) is 0 Å². The van der Waals surface area contributed by atoms with Crippen molar-refractivity contribution < 1.29 is 23.9 Å². The summed E-state index contributed by atoms with van der Waals surface area (Å²) >= 11 is 0. The maximum absolute atomic E-state index is 12.2. The molecule has 0 unspecified atom stereocenters. The summed E-state index contributed by atoms with van der Waals surface area (Å²) in [6, 6.07) is 6.94. The quantitative estimate of drug-likeness (QED) is 0.662. The van der Waals surface area contributed by atoms with E-state index in [9.17, 15) is 14.4 Å². The highest BCUT2D eigenvalue weighted by Gasteiger charge is 2.27. The molecule has 0 saturated heterocycles. The zero-order valence-electron chi connectivity index (χ0n) is 13.2. The molecule has 0 aliphatic carbocycles. The first kappa shape index (κ1) is 15.6. The van der Waals surface area contributed by atoms with E-state index in [0.717, 1.165) is 0 Å². The van der Waals surface area contributed by atoms with Gasteiger partial charge in [-0.15, -0.1) is 10.2 Å². The largest absolute Gasteiger partial charge is 0.464 e. The van der Waals surface area contributed by atoms with Crippen LogP contribution in [0.1, 0.15) is 32.7 Å². The zero-order valence-corrected chi connectivity index (χ0v) is 13.2. The molecule has 8 nitrogen and oxygen atoms in total. The van der Waals surface area contributed by atoms with E-state index >= 15 is 0 Å². The average molecular weight is 327 g/mol. The summed E-state index contributed by atoms with van der Waals surface area (Å²) in [5.41, 5.74) is 0.485. The Labute approximate surface area is 136 Å². The SMILES string of the molecule is COC(=O)c1nnc(C(=O)OC)c2c1c1ccccc1n2C(C)=O. The fourth-order valence-corrected chi connectivity index (χ4v) is 2.70. The Bertz CT molecular complexity index is 1010. The fraction of sp³-hybridized carbons (Fsp3) is 0.188. The highest BCUT2D eigenvalue weighted by Crippen LogP contribution is 2.32. The lowest BCUT2D eigenvalue weighted by Gasteiger charge is -2.06. The molecule has 3 rings (SSSR count). The summed E-state index contributed by atoms with van der Waals surface area (Å²) in [6.07, 6.45) is 0. The van der Waals surface area contributed by atoms with Crippen molar-refractivity contribution >= 4 is 39.7 Å². The number of hydrogen-bond donors (Lipinski definition) is 0. The Hall–Kier alpha value is -3.29. The lowest BCUT2D eigenvalue weighted by molar-refractivity contribution is 0.0577. The Morgan fingerprint density at radius 3 is 2.17 bits per heavy atom. The van der Waals surface area contributed by atoms with Crippen LogP contribution in [0, 0.1) is 0 Å². The lowest BCUT2D eigenvalue weighted by atomic mass is 10.1. The van der Waals surface area contributed by atoms with Gasteiger partial charge in [0.15, 0.2) is 11.4 Å². The van der Waals surface area contributed by atoms with E-state index in [0.29, 0.717) is 16.3 Å². The van der Waals surface area contributed by atoms with E-state index in [1.54, 1.807) is 24.3 Å². The van der Waals surface area contributed by atoms with E-state index < -0.39 is 11.9 Å². The van der Waals surface area contributed by atoms with Crippen molar-refractivity contribution in [1.29, 1.82) is 0 Å². The van der Waals surface area contributed by atoms with Crippen LogP contribution in [0.5, 0.6) is 0 Å². The summed E-state index contributed by atoms with van der Waals surface area (Å²) in [5, 5.41) is 8.51. The molecule has 122 valence electrons. The lowest BCUT2D eigenvalue weighted by Crippen LogP contribution is -2.15. The molecular weight excluding hydrogens is 314 g/mol.